The van der Waals surface area contributed by atoms with Gasteiger partial charge in [-0.05, 0) is 24.1 Å². The van der Waals surface area contributed by atoms with Crippen molar-refractivity contribution in [3.8, 4) is 11.5 Å². The first-order valence-electron chi connectivity index (χ1n) is 6.73. The summed E-state index contributed by atoms with van der Waals surface area (Å²) in [4.78, 5) is 11.2. The van der Waals surface area contributed by atoms with Gasteiger partial charge in [-0.2, -0.15) is 0 Å². The van der Waals surface area contributed by atoms with Crippen molar-refractivity contribution in [2.75, 3.05) is 6.79 Å². The minimum Gasteiger partial charge on any atom is -0.476 e. The Morgan fingerprint density at radius 3 is 2.95 bits per heavy atom. The lowest BCUT2D eigenvalue weighted by Crippen LogP contribution is -2.09. The largest absolute Gasteiger partial charge is 0.476 e. The van der Waals surface area contributed by atoms with Crippen molar-refractivity contribution in [2.45, 2.75) is 26.3 Å². The van der Waals surface area contributed by atoms with E-state index in [0.717, 1.165) is 17.7 Å². The Morgan fingerprint density at radius 1 is 1.38 bits per heavy atom. The van der Waals surface area contributed by atoms with Crippen LogP contribution in [0.15, 0.2) is 18.2 Å². The van der Waals surface area contributed by atoms with E-state index in [4.69, 9.17) is 14.6 Å². The maximum absolute atomic E-state index is 11.2. The second-order valence-electron chi connectivity index (χ2n) is 4.79. The van der Waals surface area contributed by atoms with Gasteiger partial charge >= 0.3 is 5.97 Å². The molecular formula is C14H15N3O4. The molecule has 3 rings (SSSR count). The lowest BCUT2D eigenvalue weighted by molar-refractivity contribution is 0.0689. The number of rotatable bonds is 5. The quantitative estimate of drug-likeness (QED) is 0.901. The highest BCUT2D eigenvalue weighted by atomic mass is 16.7. The molecular weight excluding hydrogens is 274 g/mol. The molecule has 0 atom stereocenters. The highest BCUT2D eigenvalue weighted by Crippen LogP contribution is 2.32. The van der Waals surface area contributed by atoms with Crippen LogP contribution >= 0.6 is 0 Å². The third-order valence-corrected chi connectivity index (χ3v) is 3.30. The van der Waals surface area contributed by atoms with Crippen LogP contribution in [0, 0.1) is 0 Å². The average Bonchev–Trinajstić information content (AvgIpc) is 3.06. The molecule has 1 aromatic heterocycles. The van der Waals surface area contributed by atoms with E-state index in [2.05, 4.69) is 10.3 Å². The van der Waals surface area contributed by atoms with E-state index in [-0.39, 0.29) is 12.5 Å². The fourth-order valence-electron chi connectivity index (χ4n) is 2.32. The van der Waals surface area contributed by atoms with Crippen molar-refractivity contribution in [1.82, 2.24) is 15.0 Å². The van der Waals surface area contributed by atoms with Gasteiger partial charge in [0.05, 0.1) is 12.2 Å². The molecule has 0 fully saturated rings. The fraction of sp³-hybridized carbons (Fsp3) is 0.357. The number of carboxylic acid groups (broad SMARTS) is 1. The van der Waals surface area contributed by atoms with Gasteiger partial charge in [0.2, 0.25) is 6.79 Å². The highest BCUT2D eigenvalue weighted by Gasteiger charge is 2.19. The molecule has 0 bridgehead atoms. The Bertz CT molecular complexity index is 681. The molecule has 1 aliphatic heterocycles. The zero-order valence-electron chi connectivity index (χ0n) is 11.6. The number of carbonyl (C=O) groups is 1. The van der Waals surface area contributed by atoms with Crippen LogP contribution in [0.1, 0.15) is 35.1 Å². The molecule has 1 N–H and O–H groups in total. The maximum atomic E-state index is 11.2. The van der Waals surface area contributed by atoms with Gasteiger partial charge in [-0.3, -0.25) is 0 Å². The van der Waals surface area contributed by atoms with E-state index < -0.39 is 5.97 Å². The normalized spacial score (nSPS) is 12.6. The number of benzene rings is 1. The standard InChI is InChI=1S/C14H15N3O4/c1-2-3-10-13(14(18)19)15-16-17(10)7-9-4-5-11-12(6-9)21-8-20-11/h4-6H,2-3,7-8H2,1H3,(H,18,19). The van der Waals surface area contributed by atoms with Crippen LogP contribution < -0.4 is 9.47 Å². The zero-order valence-corrected chi connectivity index (χ0v) is 11.6. The van der Waals surface area contributed by atoms with Crippen LogP contribution in [0.3, 0.4) is 0 Å². The molecule has 0 amide bonds. The molecule has 0 spiro atoms. The smallest absolute Gasteiger partial charge is 0.358 e. The Kier molecular flexibility index (Phi) is 3.47. The molecule has 0 unspecified atom stereocenters. The molecule has 110 valence electrons. The lowest BCUT2D eigenvalue weighted by Gasteiger charge is -2.07. The molecule has 1 aliphatic rings. The van der Waals surface area contributed by atoms with Crippen LogP contribution in [0.5, 0.6) is 11.5 Å². The van der Waals surface area contributed by atoms with E-state index in [0.29, 0.717) is 24.4 Å². The number of aromatic nitrogens is 3. The SMILES string of the molecule is CCCc1c(C(=O)O)nnn1Cc1ccc2c(c1)OCO2. The first-order chi connectivity index (χ1) is 10.2. The van der Waals surface area contributed by atoms with Crippen LogP contribution in [0.2, 0.25) is 0 Å². The Balaban J connectivity index is 1.89. The highest BCUT2D eigenvalue weighted by molar-refractivity contribution is 5.86. The van der Waals surface area contributed by atoms with Gasteiger partial charge in [0.25, 0.3) is 0 Å². The minimum atomic E-state index is -1.05. The number of nitrogens with zero attached hydrogens (tertiary/aromatic N) is 3. The summed E-state index contributed by atoms with van der Waals surface area (Å²) in [6.45, 7) is 2.67. The second kappa shape index (κ2) is 5.43. The van der Waals surface area contributed by atoms with Gasteiger partial charge < -0.3 is 14.6 Å². The van der Waals surface area contributed by atoms with Gasteiger partial charge in [-0.25, -0.2) is 9.48 Å². The van der Waals surface area contributed by atoms with Crippen molar-refractivity contribution in [2.24, 2.45) is 0 Å². The van der Waals surface area contributed by atoms with Gasteiger partial charge in [0.1, 0.15) is 0 Å². The molecule has 7 heteroatoms. The number of ether oxygens (including phenoxy) is 2. The summed E-state index contributed by atoms with van der Waals surface area (Å²) in [6.07, 6.45) is 1.45. The van der Waals surface area contributed by atoms with Crippen LogP contribution in [0.4, 0.5) is 0 Å². The number of hydrogen-bond donors (Lipinski definition) is 1. The molecule has 1 aromatic carbocycles. The van der Waals surface area contributed by atoms with Gasteiger partial charge in [-0.1, -0.05) is 24.6 Å². The Labute approximate surface area is 121 Å². The monoisotopic (exact) mass is 289 g/mol. The Morgan fingerprint density at radius 2 is 2.19 bits per heavy atom. The van der Waals surface area contributed by atoms with E-state index in [1.54, 1.807) is 4.68 Å². The van der Waals surface area contributed by atoms with E-state index in [9.17, 15) is 4.79 Å². The molecule has 0 radical (unpaired) electrons. The molecule has 0 aliphatic carbocycles. The van der Waals surface area contributed by atoms with E-state index >= 15 is 0 Å². The minimum absolute atomic E-state index is 0.0255. The molecule has 0 saturated carbocycles. The lowest BCUT2D eigenvalue weighted by atomic mass is 10.1. The van der Waals surface area contributed by atoms with E-state index in [1.807, 2.05) is 25.1 Å². The Hall–Kier alpha value is -2.57. The summed E-state index contributed by atoms with van der Waals surface area (Å²) < 4.78 is 12.2. The summed E-state index contributed by atoms with van der Waals surface area (Å²) in [5.74, 6) is 0.371. The van der Waals surface area contributed by atoms with Crippen LogP contribution in [-0.4, -0.2) is 32.9 Å². The summed E-state index contributed by atoms with van der Waals surface area (Å²) >= 11 is 0. The van der Waals surface area contributed by atoms with Crippen molar-refractivity contribution in [3.63, 3.8) is 0 Å². The van der Waals surface area contributed by atoms with Crippen LogP contribution in [0.25, 0.3) is 0 Å². The van der Waals surface area contributed by atoms with E-state index in [1.165, 1.54) is 0 Å². The third-order valence-electron chi connectivity index (χ3n) is 3.30. The summed E-state index contributed by atoms with van der Waals surface area (Å²) in [7, 11) is 0. The second-order valence-corrected chi connectivity index (χ2v) is 4.79. The van der Waals surface area contributed by atoms with Gasteiger partial charge in [0.15, 0.2) is 17.2 Å². The first kappa shape index (κ1) is 13.4. The molecule has 2 aromatic rings. The van der Waals surface area contributed by atoms with Gasteiger partial charge in [0, 0.05) is 0 Å². The predicted molar refractivity (Wildman–Crippen MR) is 72.6 cm³/mol. The number of fused-ring (bicyclic) bond motifs is 1. The molecule has 21 heavy (non-hydrogen) atoms. The fourth-order valence-corrected chi connectivity index (χ4v) is 2.32. The average molecular weight is 289 g/mol. The summed E-state index contributed by atoms with van der Waals surface area (Å²) in [5, 5.41) is 16.9. The number of carboxylic acids is 1. The zero-order chi connectivity index (χ0) is 14.8. The molecule has 2 heterocycles. The van der Waals surface area contributed by atoms with Crippen molar-refractivity contribution in [1.29, 1.82) is 0 Å². The van der Waals surface area contributed by atoms with Crippen molar-refractivity contribution in [3.05, 3.63) is 35.2 Å². The number of aromatic carboxylic acids is 1. The molecule has 7 nitrogen and oxygen atoms in total. The van der Waals surface area contributed by atoms with Crippen molar-refractivity contribution >= 4 is 5.97 Å². The first-order valence-corrected chi connectivity index (χ1v) is 6.73. The van der Waals surface area contributed by atoms with Crippen molar-refractivity contribution < 1.29 is 19.4 Å². The number of hydrogen-bond acceptors (Lipinski definition) is 5. The third kappa shape index (κ3) is 2.54. The maximum Gasteiger partial charge on any atom is 0.358 e. The predicted octanol–water partition coefficient (Wildman–Crippen LogP) is 1.71. The summed E-state index contributed by atoms with van der Waals surface area (Å²) in [6, 6.07) is 5.62. The van der Waals surface area contributed by atoms with Gasteiger partial charge in [-0.15, -0.1) is 5.10 Å². The summed E-state index contributed by atoms with van der Waals surface area (Å²) in [5.41, 5.74) is 1.62. The van der Waals surface area contributed by atoms with Crippen LogP contribution in [-0.2, 0) is 13.0 Å². The molecule has 0 saturated heterocycles. The topological polar surface area (TPSA) is 86.5 Å².